The van der Waals surface area contributed by atoms with E-state index in [1.807, 2.05) is 13.0 Å². The van der Waals surface area contributed by atoms with Crippen LogP contribution < -0.4 is 4.90 Å². The van der Waals surface area contributed by atoms with Crippen LogP contribution in [0.15, 0.2) is 18.2 Å². The summed E-state index contributed by atoms with van der Waals surface area (Å²) in [4.78, 5) is 36.1. The lowest BCUT2D eigenvalue weighted by atomic mass is 10.1. The minimum Gasteiger partial charge on any atom is -0.469 e. The summed E-state index contributed by atoms with van der Waals surface area (Å²) in [7, 11) is 1.29. The normalized spacial score (nSPS) is 13.8. The van der Waals surface area contributed by atoms with E-state index < -0.39 is 17.7 Å². The molecule has 94 valence electrons. The summed E-state index contributed by atoms with van der Waals surface area (Å²) in [6.07, 6.45) is 0.0727. The number of ketones is 1. The van der Waals surface area contributed by atoms with Gasteiger partial charge in [0.05, 0.1) is 24.8 Å². The molecule has 0 spiro atoms. The van der Waals surface area contributed by atoms with E-state index in [9.17, 15) is 14.4 Å². The highest BCUT2D eigenvalue weighted by molar-refractivity contribution is 6.52. The predicted molar refractivity (Wildman–Crippen MR) is 64.5 cm³/mol. The molecule has 1 aromatic carbocycles. The number of hydrogen-bond acceptors (Lipinski definition) is 4. The fraction of sp³-hybridized carbons (Fsp3) is 0.308. The summed E-state index contributed by atoms with van der Waals surface area (Å²) < 4.78 is 4.53. The summed E-state index contributed by atoms with van der Waals surface area (Å²) in [6, 6.07) is 5.19. The zero-order chi connectivity index (χ0) is 13.3. The average Bonchev–Trinajstić information content (AvgIpc) is 2.61. The van der Waals surface area contributed by atoms with E-state index in [4.69, 9.17) is 0 Å². The van der Waals surface area contributed by atoms with Crippen molar-refractivity contribution < 1.29 is 19.1 Å². The number of carbonyl (C=O) groups is 3. The van der Waals surface area contributed by atoms with Gasteiger partial charge in [0.1, 0.15) is 0 Å². The number of fused-ring (bicyclic) bond motifs is 1. The summed E-state index contributed by atoms with van der Waals surface area (Å²) in [5.74, 6) is -1.50. The van der Waals surface area contributed by atoms with Crippen LogP contribution in [0.5, 0.6) is 0 Å². The molecule has 5 heteroatoms. The van der Waals surface area contributed by atoms with Crippen molar-refractivity contribution in [2.24, 2.45) is 0 Å². The van der Waals surface area contributed by atoms with Gasteiger partial charge in [-0.05, 0) is 18.6 Å². The number of Topliss-reactive ketones (excluding diaryl/α,β-unsaturated/α-hetero) is 1. The molecule has 1 heterocycles. The fourth-order valence-electron chi connectivity index (χ4n) is 2.06. The second-order valence-corrected chi connectivity index (χ2v) is 4.08. The molecule has 0 saturated heterocycles. The van der Waals surface area contributed by atoms with Crippen molar-refractivity contribution in [1.82, 2.24) is 0 Å². The molecule has 0 atom stereocenters. The number of aryl methyl sites for hydroxylation is 1. The van der Waals surface area contributed by atoms with Crippen LogP contribution in [0.25, 0.3) is 0 Å². The molecular weight excluding hydrogens is 234 g/mol. The molecule has 1 aromatic rings. The molecular formula is C13H13NO4. The van der Waals surface area contributed by atoms with Crippen LogP contribution in [0.3, 0.4) is 0 Å². The first-order chi connectivity index (χ1) is 8.56. The number of rotatable bonds is 3. The highest BCUT2D eigenvalue weighted by Gasteiger charge is 2.36. The van der Waals surface area contributed by atoms with Gasteiger partial charge in [-0.25, -0.2) is 0 Å². The van der Waals surface area contributed by atoms with E-state index >= 15 is 0 Å². The SMILES string of the molecule is COC(=O)CCN1C(=O)C(=O)c2cccc(C)c21. The Bertz CT molecular complexity index is 536. The van der Waals surface area contributed by atoms with Crippen LogP contribution in [-0.4, -0.2) is 31.3 Å². The monoisotopic (exact) mass is 247 g/mol. The molecule has 1 aliphatic rings. The van der Waals surface area contributed by atoms with Crippen molar-refractivity contribution >= 4 is 23.3 Å². The number of amides is 1. The van der Waals surface area contributed by atoms with Gasteiger partial charge in [-0.1, -0.05) is 12.1 Å². The van der Waals surface area contributed by atoms with Crippen molar-refractivity contribution in [3.05, 3.63) is 29.3 Å². The number of nitrogens with zero attached hydrogens (tertiary/aromatic N) is 1. The van der Waals surface area contributed by atoms with Gasteiger partial charge in [0, 0.05) is 6.54 Å². The Morgan fingerprint density at radius 1 is 1.33 bits per heavy atom. The first-order valence-corrected chi connectivity index (χ1v) is 5.59. The van der Waals surface area contributed by atoms with Gasteiger partial charge in [-0.2, -0.15) is 0 Å². The van der Waals surface area contributed by atoms with Crippen LogP contribution in [0.4, 0.5) is 5.69 Å². The maximum Gasteiger partial charge on any atom is 0.307 e. The molecule has 18 heavy (non-hydrogen) atoms. The zero-order valence-electron chi connectivity index (χ0n) is 10.2. The number of ether oxygens (including phenoxy) is 1. The van der Waals surface area contributed by atoms with Crippen molar-refractivity contribution in [3.63, 3.8) is 0 Å². The second-order valence-electron chi connectivity index (χ2n) is 4.08. The molecule has 0 fully saturated rings. The number of anilines is 1. The zero-order valence-corrected chi connectivity index (χ0v) is 10.2. The maximum absolute atomic E-state index is 11.8. The van der Waals surface area contributed by atoms with Gasteiger partial charge in [-0.15, -0.1) is 0 Å². The minimum absolute atomic E-state index is 0.0727. The Morgan fingerprint density at radius 2 is 2.06 bits per heavy atom. The van der Waals surface area contributed by atoms with Gasteiger partial charge >= 0.3 is 5.97 Å². The van der Waals surface area contributed by atoms with E-state index in [-0.39, 0.29) is 13.0 Å². The maximum atomic E-state index is 11.8. The standard InChI is InChI=1S/C13H13NO4/c1-8-4-3-5-9-11(8)14(13(17)12(9)16)7-6-10(15)18-2/h3-5H,6-7H2,1-2H3. The lowest BCUT2D eigenvalue weighted by Gasteiger charge is -2.17. The number of benzene rings is 1. The van der Waals surface area contributed by atoms with E-state index in [0.717, 1.165) is 5.56 Å². The second kappa shape index (κ2) is 4.60. The number of esters is 1. The Morgan fingerprint density at radius 3 is 2.72 bits per heavy atom. The molecule has 2 rings (SSSR count). The Hall–Kier alpha value is -2.17. The van der Waals surface area contributed by atoms with Crippen LogP contribution in [0.2, 0.25) is 0 Å². The third-order valence-electron chi connectivity index (χ3n) is 2.96. The quantitative estimate of drug-likeness (QED) is 0.592. The van der Waals surface area contributed by atoms with E-state index in [1.165, 1.54) is 12.0 Å². The highest BCUT2D eigenvalue weighted by atomic mass is 16.5. The van der Waals surface area contributed by atoms with Gasteiger partial charge in [0.15, 0.2) is 0 Å². The fourth-order valence-corrected chi connectivity index (χ4v) is 2.06. The van der Waals surface area contributed by atoms with Crippen LogP contribution in [0, 0.1) is 6.92 Å². The molecule has 0 aromatic heterocycles. The average molecular weight is 247 g/mol. The highest BCUT2D eigenvalue weighted by Crippen LogP contribution is 2.32. The summed E-state index contributed by atoms with van der Waals surface area (Å²) >= 11 is 0. The van der Waals surface area contributed by atoms with E-state index in [0.29, 0.717) is 11.3 Å². The Labute approximate surface area is 104 Å². The largest absolute Gasteiger partial charge is 0.469 e. The first kappa shape index (κ1) is 12.3. The number of para-hydroxylation sites is 1. The van der Waals surface area contributed by atoms with Crippen LogP contribution in [0.1, 0.15) is 22.3 Å². The molecule has 0 radical (unpaired) electrons. The summed E-state index contributed by atoms with van der Waals surface area (Å²) in [5.41, 5.74) is 1.86. The lowest BCUT2D eigenvalue weighted by Crippen LogP contribution is -2.32. The van der Waals surface area contributed by atoms with Gasteiger partial charge in [0.2, 0.25) is 0 Å². The minimum atomic E-state index is -0.580. The molecule has 0 saturated carbocycles. The Kier molecular flexibility index (Phi) is 3.14. The van der Waals surface area contributed by atoms with Crippen molar-refractivity contribution in [2.45, 2.75) is 13.3 Å². The summed E-state index contributed by atoms with van der Waals surface area (Å²) in [5, 5.41) is 0. The lowest BCUT2D eigenvalue weighted by molar-refractivity contribution is -0.140. The molecule has 0 aliphatic carbocycles. The topological polar surface area (TPSA) is 63.7 Å². The summed E-state index contributed by atoms with van der Waals surface area (Å²) in [6.45, 7) is 1.99. The van der Waals surface area contributed by atoms with Gasteiger partial charge < -0.3 is 9.64 Å². The van der Waals surface area contributed by atoms with Crippen molar-refractivity contribution in [1.29, 1.82) is 0 Å². The van der Waals surface area contributed by atoms with E-state index in [2.05, 4.69) is 4.74 Å². The predicted octanol–water partition coefficient (Wildman–Crippen LogP) is 1.09. The molecule has 1 amide bonds. The van der Waals surface area contributed by atoms with Gasteiger partial charge in [0.25, 0.3) is 11.7 Å². The number of carbonyl (C=O) groups excluding carboxylic acids is 3. The number of hydrogen-bond donors (Lipinski definition) is 0. The van der Waals surface area contributed by atoms with Crippen molar-refractivity contribution in [3.8, 4) is 0 Å². The molecule has 5 nitrogen and oxygen atoms in total. The molecule has 1 aliphatic heterocycles. The number of methoxy groups -OCH3 is 1. The van der Waals surface area contributed by atoms with E-state index in [1.54, 1.807) is 12.1 Å². The molecule has 0 bridgehead atoms. The van der Waals surface area contributed by atoms with Crippen LogP contribution >= 0.6 is 0 Å². The van der Waals surface area contributed by atoms with Crippen LogP contribution in [-0.2, 0) is 14.3 Å². The first-order valence-electron chi connectivity index (χ1n) is 5.59. The third kappa shape index (κ3) is 1.88. The molecule has 0 N–H and O–H groups in total. The smallest absolute Gasteiger partial charge is 0.307 e. The third-order valence-corrected chi connectivity index (χ3v) is 2.96. The van der Waals surface area contributed by atoms with Crippen molar-refractivity contribution in [2.75, 3.05) is 18.6 Å². The molecule has 0 unspecified atom stereocenters. The Balaban J connectivity index is 2.31. The van der Waals surface area contributed by atoms with Gasteiger partial charge in [-0.3, -0.25) is 14.4 Å².